The molecule has 0 aliphatic rings. The van der Waals surface area contributed by atoms with Gasteiger partial charge in [-0.1, -0.05) is 35.3 Å². The van der Waals surface area contributed by atoms with Crippen LogP contribution in [0.25, 0.3) is 0 Å². The van der Waals surface area contributed by atoms with E-state index in [1.807, 2.05) is 30.0 Å². The van der Waals surface area contributed by atoms with E-state index in [1.165, 1.54) is 5.75 Å². The maximum absolute atomic E-state index is 6.20. The average molecular weight is 292 g/mol. The predicted octanol–water partition coefficient (Wildman–Crippen LogP) is 4.79. The van der Waals surface area contributed by atoms with Crippen molar-refractivity contribution in [2.24, 2.45) is 0 Å². The van der Waals surface area contributed by atoms with E-state index in [2.05, 4.69) is 25.4 Å². The lowest BCUT2D eigenvalue weighted by Gasteiger charge is -2.21. The third-order valence-corrected chi connectivity index (χ3v) is 4.21. The molecule has 2 atom stereocenters. The van der Waals surface area contributed by atoms with E-state index in [9.17, 15) is 0 Å². The van der Waals surface area contributed by atoms with Gasteiger partial charge in [0, 0.05) is 12.1 Å². The van der Waals surface area contributed by atoms with Gasteiger partial charge in [-0.15, -0.1) is 0 Å². The van der Waals surface area contributed by atoms with E-state index >= 15 is 0 Å². The zero-order chi connectivity index (χ0) is 12.8. The summed E-state index contributed by atoms with van der Waals surface area (Å²) < 4.78 is 0. The second-order valence-electron chi connectivity index (χ2n) is 4.21. The first-order valence-corrected chi connectivity index (χ1v) is 7.90. The molecule has 0 fully saturated rings. The van der Waals surface area contributed by atoms with E-state index in [4.69, 9.17) is 23.2 Å². The highest BCUT2D eigenvalue weighted by Gasteiger charge is 2.13. The molecular weight excluding hydrogens is 273 g/mol. The summed E-state index contributed by atoms with van der Waals surface area (Å²) in [4.78, 5) is 0. The smallest absolute Gasteiger partial charge is 0.0639 e. The summed E-state index contributed by atoms with van der Waals surface area (Å²) in [5.41, 5.74) is 1.06. The number of benzene rings is 1. The first-order valence-electron chi connectivity index (χ1n) is 5.75. The van der Waals surface area contributed by atoms with Gasteiger partial charge in [-0.05, 0) is 43.9 Å². The first-order chi connectivity index (χ1) is 8.06. The molecule has 1 aromatic rings. The monoisotopic (exact) mass is 291 g/mol. The molecule has 4 heteroatoms. The molecular formula is C13H19Cl2NS. The molecule has 0 radical (unpaired) electrons. The standard InChI is InChI=1S/C13H19Cl2NS/c1-9(7-8-17-3)16-10(2)11-5-4-6-12(14)13(11)15/h4-6,9-10,16H,7-8H2,1-3H3. The summed E-state index contributed by atoms with van der Waals surface area (Å²) in [5, 5.41) is 4.82. The Morgan fingerprint density at radius 2 is 2.00 bits per heavy atom. The predicted molar refractivity (Wildman–Crippen MR) is 80.5 cm³/mol. The molecule has 96 valence electrons. The van der Waals surface area contributed by atoms with Crippen LogP contribution in [0.1, 0.15) is 31.9 Å². The van der Waals surface area contributed by atoms with Crippen molar-refractivity contribution in [3.05, 3.63) is 33.8 Å². The summed E-state index contributed by atoms with van der Waals surface area (Å²) in [6.07, 6.45) is 3.29. The van der Waals surface area contributed by atoms with Gasteiger partial charge in [0.15, 0.2) is 0 Å². The van der Waals surface area contributed by atoms with Gasteiger partial charge in [-0.25, -0.2) is 0 Å². The maximum Gasteiger partial charge on any atom is 0.0639 e. The van der Waals surface area contributed by atoms with Gasteiger partial charge < -0.3 is 5.32 Å². The summed E-state index contributed by atoms with van der Waals surface area (Å²) in [6, 6.07) is 6.48. The van der Waals surface area contributed by atoms with Crippen molar-refractivity contribution in [1.29, 1.82) is 0 Å². The molecule has 17 heavy (non-hydrogen) atoms. The lowest BCUT2D eigenvalue weighted by Crippen LogP contribution is -2.29. The van der Waals surface area contributed by atoms with Crippen LogP contribution >= 0.6 is 35.0 Å². The van der Waals surface area contributed by atoms with Gasteiger partial charge in [0.1, 0.15) is 0 Å². The van der Waals surface area contributed by atoms with Crippen LogP contribution in [0.15, 0.2) is 18.2 Å². The Bertz CT molecular complexity index is 357. The quantitative estimate of drug-likeness (QED) is 0.809. The number of nitrogens with one attached hydrogen (secondary N) is 1. The second-order valence-corrected chi connectivity index (χ2v) is 5.98. The van der Waals surface area contributed by atoms with E-state index in [0.717, 1.165) is 12.0 Å². The highest BCUT2D eigenvalue weighted by molar-refractivity contribution is 7.98. The Morgan fingerprint density at radius 1 is 1.29 bits per heavy atom. The summed E-state index contributed by atoms with van der Waals surface area (Å²) in [6.45, 7) is 4.32. The van der Waals surface area contributed by atoms with Crippen molar-refractivity contribution in [2.75, 3.05) is 12.0 Å². The third-order valence-electron chi connectivity index (χ3n) is 2.74. The molecule has 0 bridgehead atoms. The Morgan fingerprint density at radius 3 is 2.65 bits per heavy atom. The highest BCUT2D eigenvalue weighted by atomic mass is 35.5. The van der Waals surface area contributed by atoms with Crippen LogP contribution in [0.4, 0.5) is 0 Å². The van der Waals surface area contributed by atoms with E-state index in [-0.39, 0.29) is 6.04 Å². The van der Waals surface area contributed by atoms with E-state index in [1.54, 1.807) is 0 Å². The Labute approximate surface area is 118 Å². The minimum absolute atomic E-state index is 0.220. The van der Waals surface area contributed by atoms with Crippen LogP contribution in [0.5, 0.6) is 0 Å². The molecule has 0 saturated carbocycles. The molecule has 0 aliphatic carbocycles. The van der Waals surface area contributed by atoms with Gasteiger partial charge in [-0.2, -0.15) is 11.8 Å². The molecule has 2 unspecified atom stereocenters. The van der Waals surface area contributed by atoms with Crippen molar-refractivity contribution < 1.29 is 0 Å². The van der Waals surface area contributed by atoms with Gasteiger partial charge in [-0.3, -0.25) is 0 Å². The van der Waals surface area contributed by atoms with Crippen molar-refractivity contribution in [3.8, 4) is 0 Å². The molecule has 1 N–H and O–H groups in total. The van der Waals surface area contributed by atoms with Crippen LogP contribution in [-0.2, 0) is 0 Å². The van der Waals surface area contributed by atoms with Crippen molar-refractivity contribution in [2.45, 2.75) is 32.4 Å². The van der Waals surface area contributed by atoms with Crippen molar-refractivity contribution in [3.63, 3.8) is 0 Å². The molecule has 0 saturated heterocycles. The molecule has 1 aromatic carbocycles. The Hall–Kier alpha value is 0.110. The molecule has 0 amide bonds. The van der Waals surface area contributed by atoms with Crippen LogP contribution in [-0.4, -0.2) is 18.1 Å². The third kappa shape index (κ3) is 4.70. The number of thioether (sulfide) groups is 1. The first kappa shape index (κ1) is 15.2. The van der Waals surface area contributed by atoms with Crippen LogP contribution in [0.2, 0.25) is 10.0 Å². The maximum atomic E-state index is 6.20. The number of rotatable bonds is 6. The highest BCUT2D eigenvalue weighted by Crippen LogP contribution is 2.29. The zero-order valence-corrected chi connectivity index (χ0v) is 12.8. The SMILES string of the molecule is CSCCC(C)NC(C)c1cccc(Cl)c1Cl. The number of hydrogen-bond donors (Lipinski definition) is 1. The number of hydrogen-bond acceptors (Lipinski definition) is 2. The summed E-state index contributed by atoms with van der Waals surface area (Å²) in [5.74, 6) is 1.17. The van der Waals surface area contributed by atoms with E-state index < -0.39 is 0 Å². The molecule has 0 spiro atoms. The fraction of sp³-hybridized carbons (Fsp3) is 0.538. The van der Waals surface area contributed by atoms with Gasteiger partial charge >= 0.3 is 0 Å². The van der Waals surface area contributed by atoms with Gasteiger partial charge in [0.25, 0.3) is 0 Å². The van der Waals surface area contributed by atoms with Crippen LogP contribution < -0.4 is 5.32 Å². The van der Waals surface area contributed by atoms with Crippen LogP contribution in [0.3, 0.4) is 0 Å². The van der Waals surface area contributed by atoms with Gasteiger partial charge in [0.2, 0.25) is 0 Å². The van der Waals surface area contributed by atoms with Crippen molar-refractivity contribution in [1.82, 2.24) is 5.32 Å². The molecule has 1 nitrogen and oxygen atoms in total. The topological polar surface area (TPSA) is 12.0 Å². The average Bonchev–Trinajstić information content (AvgIpc) is 2.29. The molecule has 0 heterocycles. The number of halogens is 2. The normalized spacial score (nSPS) is 14.6. The van der Waals surface area contributed by atoms with Gasteiger partial charge in [0.05, 0.1) is 10.0 Å². The largest absolute Gasteiger partial charge is 0.308 e. The Kier molecular flexibility index (Phi) is 6.71. The summed E-state index contributed by atoms with van der Waals surface area (Å²) in [7, 11) is 0. The van der Waals surface area contributed by atoms with E-state index in [0.29, 0.717) is 16.1 Å². The van der Waals surface area contributed by atoms with Crippen LogP contribution in [0, 0.1) is 0 Å². The Balaban J connectivity index is 2.63. The fourth-order valence-electron chi connectivity index (χ4n) is 1.75. The molecule has 0 aromatic heterocycles. The molecule has 1 rings (SSSR count). The lowest BCUT2D eigenvalue weighted by atomic mass is 10.1. The zero-order valence-electron chi connectivity index (χ0n) is 10.5. The minimum Gasteiger partial charge on any atom is -0.308 e. The molecule has 0 aliphatic heterocycles. The lowest BCUT2D eigenvalue weighted by molar-refractivity contribution is 0.472. The van der Waals surface area contributed by atoms with Crippen molar-refractivity contribution >= 4 is 35.0 Å². The minimum atomic E-state index is 0.220. The summed E-state index contributed by atoms with van der Waals surface area (Å²) >= 11 is 14.1. The second kappa shape index (κ2) is 7.52. The fourth-order valence-corrected chi connectivity index (χ4v) is 2.81.